The fourth-order valence-electron chi connectivity index (χ4n) is 3.15. The van der Waals surface area contributed by atoms with E-state index in [1.54, 1.807) is 6.20 Å². The Hall–Kier alpha value is -2.21. The molecule has 0 aliphatic carbocycles. The SMILES string of the molecule is CCc1cc(=O)[nH]c(-c2ccc(N3CCCC(C(C)O)C3)nc2)n1. The number of hydrogen-bond donors (Lipinski definition) is 2. The molecule has 128 valence electrons. The molecule has 2 atom stereocenters. The van der Waals surface area contributed by atoms with Crippen molar-refractivity contribution < 1.29 is 5.11 Å². The predicted molar refractivity (Wildman–Crippen MR) is 94.1 cm³/mol. The van der Waals surface area contributed by atoms with Crippen LogP contribution in [0.4, 0.5) is 5.82 Å². The van der Waals surface area contributed by atoms with Gasteiger partial charge < -0.3 is 15.0 Å². The largest absolute Gasteiger partial charge is 0.393 e. The van der Waals surface area contributed by atoms with Crippen LogP contribution in [0.1, 0.15) is 32.4 Å². The number of aromatic nitrogens is 3. The highest BCUT2D eigenvalue weighted by Gasteiger charge is 2.24. The Morgan fingerprint density at radius 2 is 2.29 bits per heavy atom. The van der Waals surface area contributed by atoms with Gasteiger partial charge in [-0.15, -0.1) is 0 Å². The topological polar surface area (TPSA) is 82.1 Å². The summed E-state index contributed by atoms with van der Waals surface area (Å²) in [6, 6.07) is 5.42. The normalized spacial score (nSPS) is 19.3. The molecule has 0 aromatic carbocycles. The van der Waals surface area contributed by atoms with Gasteiger partial charge in [0.2, 0.25) is 0 Å². The van der Waals surface area contributed by atoms with E-state index in [-0.39, 0.29) is 11.7 Å². The summed E-state index contributed by atoms with van der Waals surface area (Å²) >= 11 is 0. The second kappa shape index (κ2) is 7.13. The third-order valence-electron chi connectivity index (χ3n) is 4.64. The van der Waals surface area contributed by atoms with E-state index in [4.69, 9.17) is 0 Å². The number of hydrogen-bond acceptors (Lipinski definition) is 5. The van der Waals surface area contributed by atoms with Crippen LogP contribution < -0.4 is 10.5 Å². The minimum absolute atomic E-state index is 0.142. The minimum atomic E-state index is -0.293. The molecule has 2 aromatic heterocycles. The van der Waals surface area contributed by atoms with Gasteiger partial charge in [0, 0.05) is 42.5 Å². The maximum atomic E-state index is 11.7. The van der Waals surface area contributed by atoms with Gasteiger partial charge in [-0.3, -0.25) is 4.79 Å². The van der Waals surface area contributed by atoms with Crippen molar-refractivity contribution in [1.29, 1.82) is 0 Å². The van der Waals surface area contributed by atoms with Crippen molar-refractivity contribution in [3.05, 3.63) is 40.4 Å². The lowest BCUT2D eigenvalue weighted by Gasteiger charge is -2.34. The average Bonchev–Trinajstić information content (AvgIpc) is 2.61. The number of H-pyrrole nitrogens is 1. The van der Waals surface area contributed by atoms with Crippen molar-refractivity contribution in [2.24, 2.45) is 5.92 Å². The predicted octanol–water partition coefficient (Wildman–Crippen LogP) is 1.99. The van der Waals surface area contributed by atoms with Crippen LogP contribution in [0.5, 0.6) is 0 Å². The first-order valence-corrected chi connectivity index (χ1v) is 8.56. The Kier molecular flexibility index (Phi) is 4.94. The van der Waals surface area contributed by atoms with E-state index in [1.807, 2.05) is 26.0 Å². The van der Waals surface area contributed by atoms with Gasteiger partial charge in [0.25, 0.3) is 5.56 Å². The lowest BCUT2D eigenvalue weighted by Crippen LogP contribution is -2.39. The zero-order valence-corrected chi connectivity index (χ0v) is 14.2. The molecule has 24 heavy (non-hydrogen) atoms. The van der Waals surface area contributed by atoms with Crippen LogP contribution in [0.25, 0.3) is 11.4 Å². The Bertz CT molecular complexity index is 739. The highest BCUT2D eigenvalue weighted by Crippen LogP contribution is 2.25. The van der Waals surface area contributed by atoms with Gasteiger partial charge in [-0.1, -0.05) is 6.92 Å². The van der Waals surface area contributed by atoms with Crippen LogP contribution in [-0.4, -0.2) is 39.3 Å². The number of rotatable bonds is 4. The van der Waals surface area contributed by atoms with E-state index in [0.29, 0.717) is 11.7 Å². The van der Waals surface area contributed by atoms with E-state index in [9.17, 15) is 9.90 Å². The van der Waals surface area contributed by atoms with Crippen molar-refractivity contribution in [1.82, 2.24) is 15.0 Å². The number of nitrogens with zero attached hydrogens (tertiary/aromatic N) is 3. The average molecular weight is 328 g/mol. The maximum absolute atomic E-state index is 11.7. The molecule has 1 saturated heterocycles. The number of anilines is 1. The molecule has 2 N–H and O–H groups in total. The number of aliphatic hydroxyl groups is 1. The van der Waals surface area contributed by atoms with Crippen molar-refractivity contribution in [3.63, 3.8) is 0 Å². The molecular formula is C18H24N4O2. The third kappa shape index (κ3) is 3.64. The molecule has 6 heteroatoms. The minimum Gasteiger partial charge on any atom is -0.393 e. The molecule has 2 unspecified atom stereocenters. The highest BCUT2D eigenvalue weighted by molar-refractivity contribution is 5.56. The summed E-state index contributed by atoms with van der Waals surface area (Å²) in [6.07, 6.45) is 4.29. The fraction of sp³-hybridized carbons (Fsp3) is 0.500. The van der Waals surface area contributed by atoms with E-state index in [0.717, 1.165) is 49.4 Å². The van der Waals surface area contributed by atoms with Gasteiger partial charge in [0.05, 0.1) is 6.10 Å². The number of aliphatic hydroxyl groups excluding tert-OH is 1. The molecule has 1 aliphatic heterocycles. The first-order chi connectivity index (χ1) is 11.6. The van der Waals surface area contributed by atoms with Gasteiger partial charge in [-0.2, -0.15) is 0 Å². The summed E-state index contributed by atoms with van der Waals surface area (Å²) < 4.78 is 0. The van der Waals surface area contributed by atoms with Gasteiger partial charge >= 0.3 is 0 Å². The zero-order chi connectivity index (χ0) is 17.1. The van der Waals surface area contributed by atoms with E-state index in [2.05, 4.69) is 19.9 Å². The summed E-state index contributed by atoms with van der Waals surface area (Å²) in [5, 5.41) is 9.82. The number of aromatic amines is 1. The van der Waals surface area contributed by atoms with E-state index in [1.165, 1.54) is 6.07 Å². The molecule has 2 aromatic rings. The van der Waals surface area contributed by atoms with Crippen LogP contribution in [0.3, 0.4) is 0 Å². The van der Waals surface area contributed by atoms with Crippen LogP contribution in [0, 0.1) is 5.92 Å². The molecule has 1 fully saturated rings. The monoisotopic (exact) mass is 328 g/mol. The molecule has 0 bridgehead atoms. The second-order valence-corrected chi connectivity index (χ2v) is 6.43. The number of piperidine rings is 1. The number of aryl methyl sites for hydroxylation is 1. The lowest BCUT2D eigenvalue weighted by atomic mass is 9.93. The molecule has 0 radical (unpaired) electrons. The zero-order valence-electron chi connectivity index (χ0n) is 14.2. The number of nitrogens with one attached hydrogen (secondary N) is 1. The smallest absolute Gasteiger partial charge is 0.251 e. The molecule has 6 nitrogen and oxygen atoms in total. The van der Waals surface area contributed by atoms with Crippen LogP contribution in [0.2, 0.25) is 0 Å². The molecule has 3 heterocycles. The molecule has 0 spiro atoms. The highest BCUT2D eigenvalue weighted by atomic mass is 16.3. The molecule has 0 amide bonds. The van der Waals surface area contributed by atoms with Crippen molar-refractivity contribution in [2.45, 2.75) is 39.2 Å². The van der Waals surface area contributed by atoms with Gasteiger partial charge in [-0.25, -0.2) is 9.97 Å². The summed E-state index contributed by atoms with van der Waals surface area (Å²) in [5.74, 6) is 1.75. The van der Waals surface area contributed by atoms with E-state index < -0.39 is 0 Å². The Labute approximate surface area is 141 Å². The Morgan fingerprint density at radius 3 is 2.96 bits per heavy atom. The first-order valence-electron chi connectivity index (χ1n) is 8.56. The maximum Gasteiger partial charge on any atom is 0.251 e. The summed E-state index contributed by atoms with van der Waals surface area (Å²) in [4.78, 5) is 25.7. The lowest BCUT2D eigenvalue weighted by molar-refractivity contribution is 0.115. The molecule has 3 rings (SSSR count). The van der Waals surface area contributed by atoms with Crippen LogP contribution in [0.15, 0.2) is 29.2 Å². The number of pyridine rings is 1. The molecule has 1 aliphatic rings. The second-order valence-electron chi connectivity index (χ2n) is 6.43. The fourth-order valence-corrected chi connectivity index (χ4v) is 3.15. The summed E-state index contributed by atoms with van der Waals surface area (Å²) in [6.45, 7) is 5.61. The Morgan fingerprint density at radius 1 is 1.46 bits per heavy atom. The quantitative estimate of drug-likeness (QED) is 0.897. The van der Waals surface area contributed by atoms with Crippen LogP contribution >= 0.6 is 0 Å². The first kappa shape index (κ1) is 16.6. The third-order valence-corrected chi connectivity index (χ3v) is 4.64. The summed E-state index contributed by atoms with van der Waals surface area (Å²) in [5.41, 5.74) is 1.43. The van der Waals surface area contributed by atoms with Gasteiger partial charge in [0.1, 0.15) is 11.6 Å². The molecular weight excluding hydrogens is 304 g/mol. The van der Waals surface area contributed by atoms with E-state index >= 15 is 0 Å². The standard InChI is InChI=1S/C18H24N4O2/c1-3-15-9-17(24)21-18(20-15)13-6-7-16(19-10-13)22-8-4-5-14(11-22)12(2)23/h6-7,9-10,12,14,23H,3-5,8,11H2,1-2H3,(H,20,21,24). The van der Waals surface area contributed by atoms with Gasteiger partial charge in [0.15, 0.2) is 0 Å². The Balaban J connectivity index is 1.81. The van der Waals surface area contributed by atoms with Crippen LogP contribution in [-0.2, 0) is 6.42 Å². The van der Waals surface area contributed by atoms with Crippen molar-refractivity contribution >= 4 is 5.82 Å². The molecule has 0 saturated carbocycles. The van der Waals surface area contributed by atoms with Crippen molar-refractivity contribution in [3.8, 4) is 11.4 Å². The van der Waals surface area contributed by atoms with Crippen molar-refractivity contribution in [2.75, 3.05) is 18.0 Å². The summed E-state index contributed by atoms with van der Waals surface area (Å²) in [7, 11) is 0. The van der Waals surface area contributed by atoms with Gasteiger partial charge in [-0.05, 0) is 38.3 Å².